The van der Waals surface area contributed by atoms with Crippen molar-refractivity contribution in [2.75, 3.05) is 0 Å². The first kappa shape index (κ1) is 12.8. The van der Waals surface area contributed by atoms with Gasteiger partial charge in [-0.3, -0.25) is 11.4 Å². The quantitative estimate of drug-likeness (QED) is 0.353. The number of rotatable bonds is 4. The molecular weight excluding hydrogens is 168 g/mol. The molecule has 0 amide bonds. The lowest BCUT2D eigenvalue weighted by Crippen LogP contribution is -1.87. The minimum absolute atomic E-state index is 0.725. The van der Waals surface area contributed by atoms with Gasteiger partial charge in [0.25, 0.3) is 0 Å². The molecule has 0 fully saturated rings. The van der Waals surface area contributed by atoms with Crippen molar-refractivity contribution in [3.63, 3.8) is 0 Å². The molecule has 0 aliphatic heterocycles. The van der Waals surface area contributed by atoms with Crippen LogP contribution in [-0.2, 0) is 4.06 Å². The highest BCUT2D eigenvalue weighted by atomic mass is 28.2. The highest BCUT2D eigenvalue weighted by Crippen LogP contribution is 1.84. The summed E-state index contributed by atoms with van der Waals surface area (Å²) in [5, 5.41) is 0. The van der Waals surface area contributed by atoms with Crippen LogP contribution in [0, 0.1) is 0 Å². The Kier molecular flexibility index (Phi) is 13.9. The van der Waals surface area contributed by atoms with Crippen LogP contribution in [0.2, 0.25) is 0 Å². The average Bonchev–Trinajstić information content (AvgIpc) is 2.06. The van der Waals surface area contributed by atoms with Gasteiger partial charge in [-0.2, -0.15) is 0 Å². The van der Waals surface area contributed by atoms with E-state index < -0.39 is 0 Å². The fraction of sp³-hybridized carbons (Fsp3) is 0. The van der Waals surface area contributed by atoms with E-state index in [0.717, 1.165) is 9.52 Å². The van der Waals surface area contributed by atoms with Crippen molar-refractivity contribution in [3.8, 4) is 0 Å². The SMILES string of the molecule is C=C[O+]([Si])C=C.C=C[Si-]C=C. The van der Waals surface area contributed by atoms with Gasteiger partial charge in [-0.15, -0.1) is 13.2 Å². The zero-order valence-electron chi connectivity index (χ0n) is 6.55. The second kappa shape index (κ2) is 11.9. The fourth-order valence-electron chi connectivity index (χ4n) is 0.151. The molecule has 0 bridgehead atoms. The summed E-state index contributed by atoms with van der Waals surface area (Å²) in [5.74, 6) is 0. The van der Waals surface area contributed by atoms with Crippen molar-refractivity contribution in [2.24, 2.45) is 0 Å². The normalized spacial score (nSPS) is 6.27. The third-order valence-corrected chi connectivity index (χ3v) is 1.40. The molecule has 0 N–H and O–H groups in total. The first-order valence-electron chi connectivity index (χ1n) is 2.89. The molecule has 11 heavy (non-hydrogen) atoms. The molecule has 1 nitrogen and oxygen atoms in total. The van der Waals surface area contributed by atoms with Crippen LogP contribution in [-0.4, -0.2) is 20.0 Å². The highest BCUT2D eigenvalue weighted by molar-refractivity contribution is 6.47. The zero-order chi connectivity index (χ0) is 9.11. The van der Waals surface area contributed by atoms with E-state index >= 15 is 0 Å². The van der Waals surface area contributed by atoms with Gasteiger partial charge in [-0.05, 0) is 13.2 Å². The topological polar surface area (TPSA) is 2.70 Å². The Morgan fingerprint density at radius 1 is 1.00 bits per heavy atom. The molecule has 0 unspecified atom stereocenters. The van der Waals surface area contributed by atoms with Crippen LogP contribution >= 0.6 is 0 Å². The maximum atomic E-state index is 3.49. The van der Waals surface area contributed by atoms with Gasteiger partial charge in [0.15, 0.2) is 12.5 Å². The third-order valence-electron chi connectivity index (χ3n) is 0.595. The van der Waals surface area contributed by atoms with Crippen LogP contribution in [0.15, 0.2) is 50.2 Å². The number of hydrogen-bond acceptors (Lipinski definition) is 0. The van der Waals surface area contributed by atoms with Crippen LogP contribution in [0.1, 0.15) is 0 Å². The molecule has 0 aromatic carbocycles. The largest absolute Gasteiger partial charge is 0.715 e. The monoisotopic (exact) mass is 180 g/mol. The Morgan fingerprint density at radius 3 is 1.36 bits per heavy atom. The van der Waals surface area contributed by atoms with E-state index in [1.54, 1.807) is 0 Å². The second-order valence-corrected chi connectivity index (χ2v) is 2.90. The summed E-state index contributed by atoms with van der Waals surface area (Å²) in [6.07, 6.45) is 3.04. The van der Waals surface area contributed by atoms with Crippen LogP contribution in [0.3, 0.4) is 0 Å². The maximum absolute atomic E-state index is 3.49. The molecule has 0 aromatic heterocycles. The Hall–Kier alpha value is -0.806. The molecule has 0 aromatic rings. The Labute approximate surface area is 74.8 Å². The van der Waals surface area contributed by atoms with Crippen LogP contribution in [0.4, 0.5) is 0 Å². The van der Waals surface area contributed by atoms with Gasteiger partial charge in [-0.1, -0.05) is 0 Å². The smallest absolute Gasteiger partial charge is 0.644 e. The summed E-state index contributed by atoms with van der Waals surface area (Å²) < 4.78 is 2.24. The molecule has 0 heterocycles. The van der Waals surface area contributed by atoms with Crippen molar-refractivity contribution in [3.05, 3.63) is 50.2 Å². The van der Waals surface area contributed by atoms with Gasteiger partial charge in [-0.25, -0.2) is 0 Å². The van der Waals surface area contributed by atoms with Crippen molar-refractivity contribution >= 4 is 20.0 Å². The summed E-state index contributed by atoms with van der Waals surface area (Å²) in [5.41, 5.74) is 3.68. The first-order chi connectivity index (χ1) is 5.22. The molecule has 0 rings (SSSR count). The minimum atomic E-state index is 0.725. The van der Waals surface area contributed by atoms with Gasteiger partial charge in [0.1, 0.15) is 0 Å². The van der Waals surface area contributed by atoms with E-state index in [4.69, 9.17) is 0 Å². The summed E-state index contributed by atoms with van der Waals surface area (Å²) in [7, 11) is 3.76. The third kappa shape index (κ3) is 17.6. The lowest BCUT2D eigenvalue weighted by atomic mass is 11.1. The predicted octanol–water partition coefficient (Wildman–Crippen LogP) is 1.89. The van der Waals surface area contributed by atoms with Gasteiger partial charge >= 0.3 is 10.5 Å². The van der Waals surface area contributed by atoms with E-state index in [9.17, 15) is 0 Å². The molecule has 0 saturated carbocycles. The minimum Gasteiger partial charge on any atom is -0.644 e. The van der Waals surface area contributed by atoms with E-state index in [-0.39, 0.29) is 0 Å². The lowest BCUT2D eigenvalue weighted by Gasteiger charge is -2.03. The average molecular weight is 180 g/mol. The molecule has 0 atom stereocenters. The molecule has 0 saturated heterocycles. The summed E-state index contributed by atoms with van der Waals surface area (Å²) in [6, 6.07) is 0. The van der Waals surface area contributed by atoms with Gasteiger partial charge in [0, 0.05) is 0 Å². The van der Waals surface area contributed by atoms with E-state index in [2.05, 4.69) is 40.9 Å². The molecule has 58 valence electrons. The Bertz CT molecular complexity index is 118. The van der Waals surface area contributed by atoms with Crippen LogP contribution in [0.25, 0.3) is 0 Å². The molecule has 4 radical (unpaired) electrons. The van der Waals surface area contributed by atoms with E-state index in [1.807, 2.05) is 11.4 Å². The predicted molar refractivity (Wildman–Crippen MR) is 53.4 cm³/mol. The first-order valence-corrected chi connectivity index (χ1v) is 4.45. The maximum Gasteiger partial charge on any atom is 0.715 e. The van der Waals surface area contributed by atoms with Gasteiger partial charge in [0.2, 0.25) is 0 Å². The molecule has 0 spiro atoms. The molecule has 0 aliphatic rings. The summed E-state index contributed by atoms with van der Waals surface area (Å²) in [4.78, 5) is 0. The van der Waals surface area contributed by atoms with Crippen molar-refractivity contribution in [1.29, 1.82) is 0 Å². The van der Waals surface area contributed by atoms with Crippen molar-refractivity contribution < 1.29 is 4.06 Å². The van der Waals surface area contributed by atoms with Crippen LogP contribution in [0.5, 0.6) is 0 Å². The Balaban J connectivity index is 0. The zero-order valence-corrected chi connectivity index (χ0v) is 8.55. The van der Waals surface area contributed by atoms with Crippen molar-refractivity contribution in [2.45, 2.75) is 0 Å². The fourth-order valence-corrected chi connectivity index (χ4v) is 0.318. The molecular formula is C8H12OSi2. The van der Waals surface area contributed by atoms with Gasteiger partial charge < -0.3 is 13.6 Å². The van der Waals surface area contributed by atoms with E-state index in [1.165, 1.54) is 12.5 Å². The lowest BCUT2D eigenvalue weighted by molar-refractivity contribution is 0.259. The van der Waals surface area contributed by atoms with Crippen molar-refractivity contribution in [1.82, 2.24) is 0 Å². The number of hydrogen-bond donors (Lipinski definition) is 0. The second-order valence-electron chi connectivity index (χ2n) is 1.28. The molecule has 0 aliphatic carbocycles. The highest BCUT2D eigenvalue weighted by Gasteiger charge is 1.79. The Morgan fingerprint density at radius 2 is 1.36 bits per heavy atom. The summed E-state index contributed by atoms with van der Waals surface area (Å²) in [6.45, 7) is 13.8. The van der Waals surface area contributed by atoms with E-state index in [0.29, 0.717) is 0 Å². The van der Waals surface area contributed by atoms with Gasteiger partial charge in [0.05, 0.1) is 0 Å². The van der Waals surface area contributed by atoms with Crippen LogP contribution < -0.4 is 0 Å². The summed E-state index contributed by atoms with van der Waals surface area (Å²) >= 11 is 0. The standard InChI is InChI=1S/C4H6OSi.C4H6Si/c1-3-5(6)4-2;1-3-5-4-2/h3-4H,1-2H2;3-4H,1-2H2/q+1;-1. The molecule has 3 heteroatoms.